The van der Waals surface area contributed by atoms with Crippen molar-refractivity contribution in [1.29, 1.82) is 0 Å². The quantitative estimate of drug-likeness (QED) is 0.312. The van der Waals surface area contributed by atoms with Crippen LogP contribution in [0, 0.1) is 0 Å². The summed E-state index contributed by atoms with van der Waals surface area (Å²) in [6.45, 7) is 4.65. The molecule has 0 saturated carbocycles. The standard InChI is InChI=1S/C13H20O2/c1-2-3-4-5-6-7-8-9-10-11-12-15-13-14/h2-6,13H,1,7-12H2. The summed E-state index contributed by atoms with van der Waals surface area (Å²) >= 11 is 0. The van der Waals surface area contributed by atoms with Gasteiger partial charge in [-0.3, -0.25) is 4.79 Å². The molecule has 0 bridgehead atoms. The third kappa shape index (κ3) is 12.7. The van der Waals surface area contributed by atoms with E-state index in [0.717, 1.165) is 19.3 Å². The van der Waals surface area contributed by atoms with Gasteiger partial charge in [-0.05, 0) is 19.3 Å². The lowest BCUT2D eigenvalue weighted by Gasteiger charge is -1.98. The van der Waals surface area contributed by atoms with Gasteiger partial charge in [0.2, 0.25) is 0 Å². The van der Waals surface area contributed by atoms with Gasteiger partial charge < -0.3 is 4.74 Å². The van der Waals surface area contributed by atoms with Crippen LogP contribution in [0.4, 0.5) is 0 Å². The average molecular weight is 208 g/mol. The van der Waals surface area contributed by atoms with E-state index in [1.165, 1.54) is 12.8 Å². The van der Waals surface area contributed by atoms with E-state index >= 15 is 0 Å². The molecule has 0 amide bonds. The number of ether oxygens (including phenoxy) is 1. The number of allylic oxidation sites excluding steroid dienone is 5. The predicted octanol–water partition coefficient (Wildman–Crippen LogP) is 3.41. The van der Waals surface area contributed by atoms with Crippen LogP contribution >= 0.6 is 0 Å². The molecule has 0 aliphatic rings. The number of hydrogen-bond acceptors (Lipinski definition) is 2. The van der Waals surface area contributed by atoms with Crippen molar-refractivity contribution in [3.63, 3.8) is 0 Å². The second-order valence-corrected chi connectivity index (χ2v) is 3.22. The minimum Gasteiger partial charge on any atom is -0.468 e. The van der Waals surface area contributed by atoms with Gasteiger partial charge in [-0.25, -0.2) is 0 Å². The Labute approximate surface area is 92.3 Å². The van der Waals surface area contributed by atoms with Gasteiger partial charge in [-0.2, -0.15) is 0 Å². The molecule has 0 saturated heterocycles. The molecule has 0 radical (unpaired) electrons. The van der Waals surface area contributed by atoms with Crippen molar-refractivity contribution in [2.45, 2.75) is 32.1 Å². The van der Waals surface area contributed by atoms with E-state index in [-0.39, 0.29) is 0 Å². The van der Waals surface area contributed by atoms with Crippen molar-refractivity contribution in [3.8, 4) is 0 Å². The van der Waals surface area contributed by atoms with E-state index in [4.69, 9.17) is 0 Å². The van der Waals surface area contributed by atoms with Crippen LogP contribution in [0.1, 0.15) is 32.1 Å². The fourth-order valence-electron chi connectivity index (χ4n) is 1.17. The van der Waals surface area contributed by atoms with Gasteiger partial charge in [-0.15, -0.1) is 0 Å². The van der Waals surface area contributed by atoms with Crippen LogP contribution in [0.15, 0.2) is 37.0 Å². The molecule has 0 spiro atoms. The van der Waals surface area contributed by atoms with Gasteiger partial charge in [0.1, 0.15) is 0 Å². The second-order valence-electron chi connectivity index (χ2n) is 3.22. The first-order valence-electron chi connectivity index (χ1n) is 5.41. The molecule has 0 aromatic carbocycles. The Kier molecular flexibility index (Phi) is 11.6. The summed E-state index contributed by atoms with van der Waals surface area (Å²) in [7, 11) is 0. The maximum Gasteiger partial charge on any atom is 0.293 e. The maximum atomic E-state index is 9.82. The van der Waals surface area contributed by atoms with Crippen molar-refractivity contribution in [2.75, 3.05) is 6.61 Å². The zero-order valence-corrected chi connectivity index (χ0v) is 9.23. The van der Waals surface area contributed by atoms with Crippen LogP contribution in [0.2, 0.25) is 0 Å². The van der Waals surface area contributed by atoms with Crippen LogP contribution in [0.3, 0.4) is 0 Å². The van der Waals surface area contributed by atoms with Crippen molar-refractivity contribution >= 4 is 6.47 Å². The number of rotatable bonds is 10. The summed E-state index contributed by atoms with van der Waals surface area (Å²) in [4.78, 5) is 9.82. The normalized spacial score (nSPS) is 10.9. The van der Waals surface area contributed by atoms with Crippen molar-refractivity contribution < 1.29 is 9.53 Å². The molecule has 15 heavy (non-hydrogen) atoms. The molecule has 84 valence electrons. The fraction of sp³-hybridized carbons (Fsp3) is 0.462. The summed E-state index contributed by atoms with van der Waals surface area (Å²) < 4.78 is 4.59. The molecule has 2 heteroatoms. The Morgan fingerprint density at radius 2 is 1.80 bits per heavy atom. The Bertz CT molecular complexity index is 205. The lowest BCUT2D eigenvalue weighted by molar-refractivity contribution is -0.128. The van der Waals surface area contributed by atoms with E-state index in [1.807, 2.05) is 18.2 Å². The summed E-state index contributed by atoms with van der Waals surface area (Å²) in [5.41, 5.74) is 0. The molecule has 0 rings (SSSR count). The van der Waals surface area contributed by atoms with Gasteiger partial charge in [0.15, 0.2) is 0 Å². The number of carbonyl (C=O) groups excluding carboxylic acids is 1. The minimum atomic E-state index is 0.509. The zero-order chi connectivity index (χ0) is 11.2. The lowest BCUT2D eigenvalue weighted by Crippen LogP contribution is -1.90. The Morgan fingerprint density at radius 1 is 1.00 bits per heavy atom. The highest BCUT2D eigenvalue weighted by atomic mass is 16.5. The van der Waals surface area contributed by atoms with Gasteiger partial charge in [0.25, 0.3) is 6.47 Å². The molecular formula is C13H20O2. The molecule has 0 aliphatic heterocycles. The molecule has 0 aromatic rings. The zero-order valence-electron chi connectivity index (χ0n) is 9.23. The smallest absolute Gasteiger partial charge is 0.293 e. The monoisotopic (exact) mass is 208 g/mol. The van der Waals surface area contributed by atoms with Crippen molar-refractivity contribution in [2.24, 2.45) is 0 Å². The molecule has 0 unspecified atom stereocenters. The minimum absolute atomic E-state index is 0.509. The molecule has 0 N–H and O–H groups in total. The van der Waals surface area contributed by atoms with Gasteiger partial charge in [-0.1, -0.05) is 49.8 Å². The molecule has 0 aromatic heterocycles. The Morgan fingerprint density at radius 3 is 2.53 bits per heavy atom. The highest BCUT2D eigenvalue weighted by Crippen LogP contribution is 2.03. The predicted molar refractivity (Wildman–Crippen MR) is 63.6 cm³/mol. The second kappa shape index (κ2) is 12.7. The van der Waals surface area contributed by atoms with E-state index in [9.17, 15) is 4.79 Å². The third-order valence-corrected chi connectivity index (χ3v) is 1.95. The van der Waals surface area contributed by atoms with Crippen molar-refractivity contribution in [3.05, 3.63) is 37.0 Å². The van der Waals surface area contributed by atoms with E-state index in [0.29, 0.717) is 13.1 Å². The van der Waals surface area contributed by atoms with Crippen molar-refractivity contribution in [1.82, 2.24) is 0 Å². The molecule has 0 aliphatic carbocycles. The Balaban J connectivity index is 3.10. The van der Waals surface area contributed by atoms with Crippen LogP contribution < -0.4 is 0 Å². The highest BCUT2D eigenvalue weighted by molar-refractivity contribution is 5.36. The van der Waals surface area contributed by atoms with Crippen LogP contribution in [0.5, 0.6) is 0 Å². The lowest BCUT2D eigenvalue weighted by atomic mass is 10.1. The van der Waals surface area contributed by atoms with E-state index < -0.39 is 0 Å². The van der Waals surface area contributed by atoms with E-state index in [1.54, 1.807) is 6.08 Å². The summed E-state index contributed by atoms with van der Waals surface area (Å²) in [5.74, 6) is 0. The first kappa shape index (κ1) is 13.7. The summed E-state index contributed by atoms with van der Waals surface area (Å²) in [5, 5.41) is 0. The third-order valence-electron chi connectivity index (χ3n) is 1.95. The number of carbonyl (C=O) groups is 1. The SMILES string of the molecule is C=CC=CC=CCCCCCCOC=O. The topological polar surface area (TPSA) is 26.3 Å². The van der Waals surface area contributed by atoms with Crippen LogP contribution in [0.25, 0.3) is 0 Å². The van der Waals surface area contributed by atoms with Crippen LogP contribution in [-0.2, 0) is 9.53 Å². The maximum absolute atomic E-state index is 9.82. The summed E-state index contributed by atoms with van der Waals surface area (Å²) in [6, 6.07) is 0. The number of hydrogen-bond donors (Lipinski definition) is 0. The van der Waals surface area contributed by atoms with E-state index in [2.05, 4.69) is 17.4 Å². The molecule has 0 heterocycles. The highest BCUT2D eigenvalue weighted by Gasteiger charge is 1.88. The number of unbranched alkanes of at least 4 members (excludes halogenated alkanes) is 4. The van der Waals surface area contributed by atoms with Crippen LogP contribution in [-0.4, -0.2) is 13.1 Å². The molecular weight excluding hydrogens is 188 g/mol. The Hall–Kier alpha value is -1.31. The molecule has 0 atom stereocenters. The first-order valence-corrected chi connectivity index (χ1v) is 5.41. The fourth-order valence-corrected chi connectivity index (χ4v) is 1.17. The summed E-state index contributed by atoms with van der Waals surface area (Å²) in [6.07, 6.45) is 15.4. The molecule has 0 fully saturated rings. The van der Waals surface area contributed by atoms with Gasteiger partial charge >= 0.3 is 0 Å². The molecule has 2 nitrogen and oxygen atoms in total. The average Bonchev–Trinajstić information content (AvgIpc) is 2.26. The van der Waals surface area contributed by atoms with Gasteiger partial charge in [0, 0.05) is 0 Å². The largest absolute Gasteiger partial charge is 0.468 e. The first-order chi connectivity index (χ1) is 7.41. The van der Waals surface area contributed by atoms with Gasteiger partial charge in [0.05, 0.1) is 6.61 Å².